The van der Waals surface area contributed by atoms with Crippen LogP contribution in [-0.2, 0) is 31.5 Å². The summed E-state index contributed by atoms with van der Waals surface area (Å²) < 4.78 is 66.1. The summed E-state index contributed by atoms with van der Waals surface area (Å²) >= 11 is 0. The number of halogens is 3. The highest BCUT2D eigenvalue weighted by atomic mass is 32.2. The number of aromatic nitrogens is 1. The van der Waals surface area contributed by atoms with Crippen LogP contribution in [0.25, 0.3) is 0 Å². The van der Waals surface area contributed by atoms with E-state index < -0.39 is 57.5 Å². The number of carbonyl (C=O) groups is 3. The molecule has 2 aromatic rings. The normalized spacial score (nSPS) is 20.8. The number of pyridine rings is 1. The van der Waals surface area contributed by atoms with Gasteiger partial charge in [-0.25, -0.2) is 8.42 Å². The van der Waals surface area contributed by atoms with Crippen molar-refractivity contribution in [3.8, 4) is 0 Å². The van der Waals surface area contributed by atoms with Gasteiger partial charge in [0.25, 0.3) is 5.91 Å². The number of ketones is 1. The van der Waals surface area contributed by atoms with Crippen LogP contribution < -0.4 is 5.32 Å². The smallest absolute Gasteiger partial charge is 0.340 e. The first kappa shape index (κ1) is 28.7. The van der Waals surface area contributed by atoms with Gasteiger partial charge in [-0.05, 0) is 54.7 Å². The van der Waals surface area contributed by atoms with Gasteiger partial charge in [-0.3, -0.25) is 19.4 Å². The maximum atomic E-state index is 13.6. The van der Waals surface area contributed by atoms with Gasteiger partial charge in [-0.2, -0.15) is 17.5 Å². The Labute approximate surface area is 224 Å². The molecule has 2 saturated heterocycles. The Morgan fingerprint density at radius 3 is 2.44 bits per heavy atom. The van der Waals surface area contributed by atoms with Crippen molar-refractivity contribution in [3.05, 3.63) is 65.5 Å². The molecule has 4 rings (SSSR count). The molecule has 13 heteroatoms. The molecule has 1 aromatic carbocycles. The maximum absolute atomic E-state index is 13.6. The molecule has 0 aliphatic carbocycles. The van der Waals surface area contributed by atoms with Crippen molar-refractivity contribution < 1.29 is 36.0 Å². The number of amides is 2. The minimum Gasteiger partial charge on any atom is -0.340 e. The average molecular weight is 567 g/mol. The molecule has 2 amide bonds. The van der Waals surface area contributed by atoms with Gasteiger partial charge in [-0.1, -0.05) is 19.9 Å². The van der Waals surface area contributed by atoms with E-state index in [1.807, 2.05) is 13.8 Å². The standard InChI is InChI=1S/C26H29F3N4O5S/c1-16(2)12-20(31-24(35)18-5-7-19(8-6-18)26(27,28)29)25(36)32-11-9-21-23(32)22(34)14-33(21)39(37,38)15-17-4-3-10-30-13-17/h3-8,10,13,16,20-21,23H,9,11-12,14-15H2,1-2H3,(H,31,35). The number of nitrogens with one attached hydrogen (secondary N) is 1. The molecule has 0 bridgehead atoms. The maximum Gasteiger partial charge on any atom is 0.416 e. The topological polar surface area (TPSA) is 117 Å². The molecule has 3 heterocycles. The van der Waals surface area contributed by atoms with E-state index in [-0.39, 0.29) is 43.2 Å². The second-order valence-corrected chi connectivity index (χ2v) is 12.1. The van der Waals surface area contributed by atoms with Gasteiger partial charge in [0, 0.05) is 24.5 Å². The SMILES string of the molecule is CC(C)CC(NC(=O)c1ccc(C(F)(F)F)cc1)C(=O)N1CCC2C1C(=O)CN2S(=O)(=O)Cc1cccnc1. The third-order valence-corrected chi connectivity index (χ3v) is 8.69. The molecule has 2 aliphatic rings. The predicted octanol–water partition coefficient (Wildman–Crippen LogP) is 2.63. The molecule has 3 atom stereocenters. The summed E-state index contributed by atoms with van der Waals surface area (Å²) in [5.41, 5.74) is -0.476. The molecule has 0 spiro atoms. The molecule has 39 heavy (non-hydrogen) atoms. The van der Waals surface area contributed by atoms with E-state index in [1.54, 1.807) is 12.1 Å². The molecule has 9 nitrogen and oxygen atoms in total. The lowest BCUT2D eigenvalue weighted by molar-refractivity contribution is -0.138. The first-order chi connectivity index (χ1) is 18.3. The molecule has 1 N–H and O–H groups in total. The quantitative estimate of drug-likeness (QED) is 0.525. The van der Waals surface area contributed by atoms with Crippen LogP contribution in [0.5, 0.6) is 0 Å². The molecule has 2 aliphatic heterocycles. The monoisotopic (exact) mass is 566 g/mol. The third kappa shape index (κ3) is 6.30. The van der Waals surface area contributed by atoms with Crippen molar-refractivity contribution in [1.82, 2.24) is 19.5 Å². The van der Waals surface area contributed by atoms with Gasteiger partial charge in [0.2, 0.25) is 15.9 Å². The fourth-order valence-electron chi connectivity index (χ4n) is 5.10. The lowest BCUT2D eigenvalue weighted by atomic mass is 10.0. The van der Waals surface area contributed by atoms with Crippen LogP contribution in [0, 0.1) is 5.92 Å². The number of sulfonamides is 1. The predicted molar refractivity (Wildman–Crippen MR) is 135 cm³/mol. The second kappa shape index (κ2) is 11.0. The fourth-order valence-corrected chi connectivity index (χ4v) is 6.82. The van der Waals surface area contributed by atoms with E-state index in [4.69, 9.17) is 0 Å². The van der Waals surface area contributed by atoms with Crippen LogP contribution in [0.2, 0.25) is 0 Å². The Hall–Kier alpha value is -3.32. The van der Waals surface area contributed by atoms with Crippen molar-refractivity contribution in [2.75, 3.05) is 13.1 Å². The van der Waals surface area contributed by atoms with E-state index in [1.165, 1.54) is 17.3 Å². The molecule has 0 radical (unpaired) electrons. The van der Waals surface area contributed by atoms with Crippen LogP contribution in [0.15, 0.2) is 48.8 Å². The number of Topliss-reactive ketones (excluding diaryl/α,β-unsaturated/α-hetero) is 1. The van der Waals surface area contributed by atoms with Gasteiger partial charge in [0.15, 0.2) is 5.78 Å². The Kier molecular flexibility index (Phi) is 8.12. The zero-order valence-electron chi connectivity index (χ0n) is 21.4. The number of nitrogens with zero attached hydrogens (tertiary/aromatic N) is 3. The molecule has 0 saturated carbocycles. The summed E-state index contributed by atoms with van der Waals surface area (Å²) in [6, 6.07) is 4.15. The molecule has 2 fully saturated rings. The molecule has 210 valence electrons. The zero-order valence-corrected chi connectivity index (χ0v) is 22.2. The van der Waals surface area contributed by atoms with Crippen LogP contribution in [-0.4, -0.2) is 71.4 Å². The Morgan fingerprint density at radius 2 is 1.85 bits per heavy atom. The number of rotatable bonds is 8. The van der Waals surface area contributed by atoms with Gasteiger partial charge < -0.3 is 10.2 Å². The van der Waals surface area contributed by atoms with Crippen LogP contribution in [0.3, 0.4) is 0 Å². The van der Waals surface area contributed by atoms with E-state index >= 15 is 0 Å². The second-order valence-electron chi connectivity index (χ2n) is 10.2. The lowest BCUT2D eigenvalue weighted by Gasteiger charge is -2.29. The first-order valence-corrected chi connectivity index (χ1v) is 14.1. The highest BCUT2D eigenvalue weighted by molar-refractivity contribution is 7.88. The zero-order chi connectivity index (χ0) is 28.5. The van der Waals surface area contributed by atoms with Gasteiger partial charge in [0.05, 0.1) is 23.9 Å². The van der Waals surface area contributed by atoms with Gasteiger partial charge >= 0.3 is 6.18 Å². The highest BCUT2D eigenvalue weighted by Crippen LogP contribution is 2.33. The Balaban J connectivity index is 1.50. The molecular weight excluding hydrogens is 537 g/mol. The summed E-state index contributed by atoms with van der Waals surface area (Å²) in [5.74, 6) is -2.03. The summed E-state index contributed by atoms with van der Waals surface area (Å²) in [4.78, 5) is 44.7. The average Bonchev–Trinajstić information content (AvgIpc) is 3.44. The Morgan fingerprint density at radius 1 is 1.15 bits per heavy atom. The van der Waals surface area contributed by atoms with Crippen molar-refractivity contribution in [1.29, 1.82) is 0 Å². The van der Waals surface area contributed by atoms with Crippen molar-refractivity contribution >= 4 is 27.6 Å². The largest absolute Gasteiger partial charge is 0.416 e. The Bertz CT molecular complexity index is 1330. The van der Waals surface area contributed by atoms with Crippen molar-refractivity contribution in [2.45, 2.75) is 56.7 Å². The summed E-state index contributed by atoms with van der Waals surface area (Å²) in [5, 5.41) is 2.61. The number of alkyl halides is 3. The van der Waals surface area contributed by atoms with Crippen LogP contribution in [0.1, 0.15) is 48.2 Å². The number of fused-ring (bicyclic) bond motifs is 1. The number of hydrogen-bond acceptors (Lipinski definition) is 6. The van der Waals surface area contributed by atoms with Crippen molar-refractivity contribution in [3.63, 3.8) is 0 Å². The van der Waals surface area contributed by atoms with E-state index in [2.05, 4.69) is 10.3 Å². The third-order valence-electron chi connectivity index (χ3n) is 6.87. The fraction of sp³-hybridized carbons (Fsp3) is 0.462. The molecule has 3 unspecified atom stereocenters. The van der Waals surface area contributed by atoms with Crippen LogP contribution >= 0.6 is 0 Å². The molecule has 1 aromatic heterocycles. The van der Waals surface area contributed by atoms with Gasteiger partial charge in [-0.15, -0.1) is 0 Å². The minimum absolute atomic E-state index is 0.0408. The van der Waals surface area contributed by atoms with E-state index in [0.29, 0.717) is 5.56 Å². The summed E-state index contributed by atoms with van der Waals surface area (Å²) in [6.45, 7) is 3.45. The number of benzene rings is 1. The first-order valence-electron chi connectivity index (χ1n) is 12.5. The summed E-state index contributed by atoms with van der Waals surface area (Å²) in [6.07, 6.45) is -1.11. The minimum atomic E-state index is -4.55. The highest BCUT2D eigenvalue weighted by Gasteiger charge is 2.54. The lowest BCUT2D eigenvalue weighted by Crippen LogP contribution is -2.53. The van der Waals surface area contributed by atoms with Crippen LogP contribution in [0.4, 0.5) is 13.2 Å². The number of likely N-dealkylation sites (tertiary alicyclic amines) is 1. The molecular formula is C26H29F3N4O5S. The number of carbonyl (C=O) groups excluding carboxylic acids is 3. The van der Waals surface area contributed by atoms with Gasteiger partial charge in [0.1, 0.15) is 12.1 Å². The number of hydrogen-bond donors (Lipinski definition) is 1. The van der Waals surface area contributed by atoms with E-state index in [9.17, 15) is 36.0 Å². The van der Waals surface area contributed by atoms with Crippen molar-refractivity contribution in [2.24, 2.45) is 5.92 Å². The summed E-state index contributed by atoms with van der Waals surface area (Å²) in [7, 11) is -3.87. The van der Waals surface area contributed by atoms with E-state index in [0.717, 1.165) is 28.6 Å².